The van der Waals surface area contributed by atoms with E-state index in [9.17, 15) is 9.90 Å². The van der Waals surface area contributed by atoms with Crippen LogP contribution in [0.25, 0.3) is 22.2 Å². The van der Waals surface area contributed by atoms with Gasteiger partial charge in [0.15, 0.2) is 0 Å². The van der Waals surface area contributed by atoms with E-state index < -0.39 is 5.97 Å². The Balaban J connectivity index is 1.81. The van der Waals surface area contributed by atoms with E-state index in [4.69, 9.17) is 0 Å². The van der Waals surface area contributed by atoms with Crippen molar-refractivity contribution in [2.24, 2.45) is 0 Å². The van der Waals surface area contributed by atoms with Crippen molar-refractivity contribution in [2.45, 2.75) is 44.6 Å². The molecule has 1 aromatic heterocycles. The van der Waals surface area contributed by atoms with Crippen LogP contribution in [0.5, 0.6) is 0 Å². The maximum absolute atomic E-state index is 11.5. The van der Waals surface area contributed by atoms with Gasteiger partial charge in [0.25, 0.3) is 0 Å². The Hall–Kier alpha value is -2.55. The minimum Gasteiger partial charge on any atom is -0.478 e. The second-order valence-electron chi connectivity index (χ2n) is 7.38. The second kappa shape index (κ2) is 5.48. The van der Waals surface area contributed by atoms with Crippen LogP contribution in [0, 0.1) is 0 Å². The fraction of sp³-hybridized carbons (Fsp3) is 0.318. The second-order valence-corrected chi connectivity index (χ2v) is 7.38. The minimum absolute atomic E-state index is 0.374. The molecule has 0 atom stereocenters. The van der Waals surface area contributed by atoms with Crippen LogP contribution in [0.2, 0.25) is 0 Å². The smallest absolute Gasteiger partial charge is 0.335 e. The van der Waals surface area contributed by atoms with E-state index in [2.05, 4.69) is 28.8 Å². The first-order chi connectivity index (χ1) is 12.2. The zero-order valence-electron chi connectivity index (χ0n) is 14.2. The lowest BCUT2D eigenvalue weighted by molar-refractivity contribution is 0.0697. The van der Waals surface area contributed by atoms with E-state index >= 15 is 0 Å². The molecular weight excluding hydrogens is 310 g/mol. The Labute approximate surface area is 146 Å². The first-order valence-electron chi connectivity index (χ1n) is 9.22. The summed E-state index contributed by atoms with van der Waals surface area (Å²) in [6.07, 6.45) is 6.42. The van der Waals surface area contributed by atoms with Crippen molar-refractivity contribution < 1.29 is 9.90 Å². The molecule has 3 heteroatoms. The summed E-state index contributed by atoms with van der Waals surface area (Å²) < 4.78 is 2.34. The Morgan fingerprint density at radius 3 is 2.64 bits per heavy atom. The van der Waals surface area contributed by atoms with Crippen molar-refractivity contribution in [1.82, 2.24) is 4.57 Å². The number of benzene rings is 2. The number of hydrogen-bond donors (Lipinski definition) is 1. The molecule has 0 radical (unpaired) electrons. The number of carboxylic acid groups (broad SMARTS) is 1. The average Bonchev–Trinajstić information content (AvgIpc) is 3.16. The van der Waals surface area contributed by atoms with Gasteiger partial charge in [-0.3, -0.25) is 0 Å². The monoisotopic (exact) mass is 331 g/mol. The third kappa shape index (κ3) is 2.15. The molecule has 2 aliphatic rings. The maximum Gasteiger partial charge on any atom is 0.335 e. The molecule has 2 heterocycles. The standard InChI is InChI=1S/C22H21NO2/c24-22(25)15-10-11-18-19(12-15)23-13-16-8-4-5-9-17(16)21(23)20(18)14-6-2-1-3-7-14/h4-5,8-12,14H,1-3,6-7,13H2,(H,24,25). The number of aromatic carboxylic acids is 1. The normalized spacial score (nSPS) is 16.8. The van der Waals surface area contributed by atoms with Gasteiger partial charge in [0.1, 0.15) is 0 Å². The first kappa shape index (κ1) is 14.8. The van der Waals surface area contributed by atoms with Crippen LogP contribution in [0.3, 0.4) is 0 Å². The summed E-state index contributed by atoms with van der Waals surface area (Å²) in [5.74, 6) is -0.262. The van der Waals surface area contributed by atoms with Gasteiger partial charge in [-0.2, -0.15) is 0 Å². The van der Waals surface area contributed by atoms with Crippen LogP contribution in [-0.4, -0.2) is 15.6 Å². The van der Waals surface area contributed by atoms with Crippen LogP contribution in [0.15, 0.2) is 42.5 Å². The first-order valence-corrected chi connectivity index (χ1v) is 9.22. The molecule has 3 nitrogen and oxygen atoms in total. The molecule has 3 aromatic rings. The Bertz CT molecular complexity index is 993. The molecule has 0 spiro atoms. The number of carbonyl (C=O) groups is 1. The Kier molecular flexibility index (Phi) is 3.24. The fourth-order valence-electron chi connectivity index (χ4n) is 4.83. The Morgan fingerprint density at radius 2 is 1.84 bits per heavy atom. The number of hydrogen-bond acceptors (Lipinski definition) is 1. The van der Waals surface area contributed by atoms with Gasteiger partial charge in [0, 0.05) is 23.0 Å². The van der Waals surface area contributed by atoms with Gasteiger partial charge in [-0.1, -0.05) is 49.6 Å². The van der Waals surface area contributed by atoms with Crippen LogP contribution in [-0.2, 0) is 6.54 Å². The van der Waals surface area contributed by atoms with Gasteiger partial charge in [-0.05, 0) is 42.0 Å². The molecule has 5 rings (SSSR count). The molecule has 1 aliphatic carbocycles. The molecule has 126 valence electrons. The van der Waals surface area contributed by atoms with Gasteiger partial charge in [0.2, 0.25) is 0 Å². The highest BCUT2D eigenvalue weighted by Crippen LogP contribution is 2.47. The van der Waals surface area contributed by atoms with Gasteiger partial charge < -0.3 is 9.67 Å². The lowest BCUT2D eigenvalue weighted by atomic mass is 9.81. The number of carboxylic acids is 1. The molecule has 25 heavy (non-hydrogen) atoms. The van der Waals surface area contributed by atoms with E-state index in [0.717, 1.165) is 12.1 Å². The minimum atomic E-state index is -0.854. The van der Waals surface area contributed by atoms with E-state index in [-0.39, 0.29) is 0 Å². The van der Waals surface area contributed by atoms with E-state index in [0.29, 0.717) is 11.5 Å². The van der Waals surface area contributed by atoms with E-state index in [1.165, 1.54) is 59.9 Å². The van der Waals surface area contributed by atoms with Crippen LogP contribution in [0.4, 0.5) is 0 Å². The van der Waals surface area contributed by atoms with E-state index in [1.807, 2.05) is 12.1 Å². The number of aromatic nitrogens is 1. The number of rotatable bonds is 2. The summed E-state index contributed by atoms with van der Waals surface area (Å²) in [4.78, 5) is 11.5. The Morgan fingerprint density at radius 1 is 1.04 bits per heavy atom. The number of nitrogens with zero attached hydrogens (tertiary/aromatic N) is 1. The summed E-state index contributed by atoms with van der Waals surface area (Å²) in [6.45, 7) is 0.845. The zero-order chi connectivity index (χ0) is 17.0. The third-order valence-electron chi connectivity index (χ3n) is 5.97. The maximum atomic E-state index is 11.5. The lowest BCUT2D eigenvalue weighted by Gasteiger charge is -2.23. The molecule has 0 unspecified atom stereocenters. The van der Waals surface area contributed by atoms with E-state index in [1.54, 1.807) is 6.07 Å². The summed E-state index contributed by atoms with van der Waals surface area (Å²) in [5, 5.41) is 10.7. The molecule has 1 aliphatic heterocycles. The largest absolute Gasteiger partial charge is 0.478 e. The summed E-state index contributed by atoms with van der Waals surface area (Å²) >= 11 is 0. The topological polar surface area (TPSA) is 42.2 Å². The fourth-order valence-corrected chi connectivity index (χ4v) is 4.83. The highest BCUT2D eigenvalue weighted by molar-refractivity contribution is 5.99. The van der Waals surface area contributed by atoms with Gasteiger partial charge >= 0.3 is 5.97 Å². The average molecular weight is 331 g/mol. The number of fused-ring (bicyclic) bond motifs is 5. The van der Waals surface area contributed by atoms with Crippen molar-refractivity contribution in [1.29, 1.82) is 0 Å². The molecular formula is C22H21NO2. The van der Waals surface area contributed by atoms with Crippen LogP contribution >= 0.6 is 0 Å². The molecule has 1 fully saturated rings. The zero-order valence-corrected chi connectivity index (χ0v) is 14.2. The van der Waals surface area contributed by atoms with Gasteiger partial charge in [-0.15, -0.1) is 0 Å². The van der Waals surface area contributed by atoms with Crippen molar-refractivity contribution in [3.63, 3.8) is 0 Å². The molecule has 0 bridgehead atoms. The van der Waals surface area contributed by atoms with Crippen molar-refractivity contribution >= 4 is 16.9 Å². The molecule has 0 amide bonds. The summed E-state index contributed by atoms with van der Waals surface area (Å²) in [7, 11) is 0. The highest BCUT2D eigenvalue weighted by Gasteiger charge is 2.30. The predicted molar refractivity (Wildman–Crippen MR) is 99.3 cm³/mol. The van der Waals surface area contributed by atoms with Gasteiger partial charge in [-0.25, -0.2) is 4.79 Å². The van der Waals surface area contributed by atoms with Gasteiger partial charge in [0.05, 0.1) is 11.3 Å². The molecule has 1 N–H and O–H groups in total. The van der Waals surface area contributed by atoms with Crippen LogP contribution in [0.1, 0.15) is 59.5 Å². The molecule has 1 saturated carbocycles. The SMILES string of the molecule is O=C(O)c1ccc2c(C3CCCCC3)c3n(c2c1)Cc1ccccc1-3. The lowest BCUT2D eigenvalue weighted by Crippen LogP contribution is -2.05. The summed E-state index contributed by atoms with van der Waals surface area (Å²) in [6, 6.07) is 14.3. The van der Waals surface area contributed by atoms with Crippen LogP contribution < -0.4 is 0 Å². The van der Waals surface area contributed by atoms with Crippen molar-refractivity contribution in [3.8, 4) is 11.3 Å². The molecule has 0 saturated heterocycles. The quantitative estimate of drug-likeness (QED) is 0.533. The van der Waals surface area contributed by atoms with Crippen molar-refractivity contribution in [3.05, 3.63) is 59.2 Å². The highest BCUT2D eigenvalue weighted by atomic mass is 16.4. The summed E-state index contributed by atoms with van der Waals surface area (Å²) in [5.41, 5.74) is 6.91. The predicted octanol–water partition coefficient (Wildman–Crippen LogP) is 5.42. The molecule has 2 aromatic carbocycles. The van der Waals surface area contributed by atoms with Crippen molar-refractivity contribution in [2.75, 3.05) is 0 Å². The third-order valence-corrected chi connectivity index (χ3v) is 5.97.